The number of guanidine groups is 1. The molecule has 0 saturated heterocycles. The van der Waals surface area contributed by atoms with Crippen LogP contribution in [0.5, 0.6) is 0 Å². The number of halogens is 1. The van der Waals surface area contributed by atoms with Crippen molar-refractivity contribution in [1.29, 1.82) is 0 Å². The zero-order chi connectivity index (χ0) is 21.8. The van der Waals surface area contributed by atoms with Crippen LogP contribution in [0.3, 0.4) is 0 Å². The molecule has 8 nitrogen and oxygen atoms in total. The molecule has 1 aromatic carbocycles. The van der Waals surface area contributed by atoms with Gasteiger partial charge in [0.25, 0.3) is 0 Å². The molecule has 0 radical (unpaired) electrons. The van der Waals surface area contributed by atoms with Gasteiger partial charge in [0.05, 0.1) is 4.92 Å². The third-order valence-electron chi connectivity index (χ3n) is 6.01. The van der Waals surface area contributed by atoms with E-state index in [9.17, 15) is 10.1 Å². The van der Waals surface area contributed by atoms with E-state index in [2.05, 4.69) is 24.0 Å². The lowest BCUT2D eigenvalue weighted by Crippen LogP contribution is -2.55. The topological polar surface area (TPSA) is 114 Å². The summed E-state index contributed by atoms with van der Waals surface area (Å²) in [6.07, 6.45) is 3.73. The van der Waals surface area contributed by atoms with E-state index in [1.807, 2.05) is 18.2 Å². The zero-order valence-corrected chi connectivity index (χ0v) is 18.4. The van der Waals surface area contributed by atoms with Crippen LogP contribution in [0.25, 0.3) is 0 Å². The van der Waals surface area contributed by atoms with Crippen LogP contribution in [0.4, 0.5) is 0 Å². The summed E-state index contributed by atoms with van der Waals surface area (Å²) in [5, 5.41) is 12.4. The molecule has 1 saturated carbocycles. The van der Waals surface area contributed by atoms with Gasteiger partial charge in [0.2, 0.25) is 0 Å². The second-order valence-electron chi connectivity index (χ2n) is 8.57. The monoisotopic (exact) mass is 434 g/mol. The first-order valence-corrected chi connectivity index (χ1v) is 10.8. The van der Waals surface area contributed by atoms with E-state index in [4.69, 9.17) is 23.1 Å². The fourth-order valence-electron chi connectivity index (χ4n) is 4.48. The summed E-state index contributed by atoms with van der Waals surface area (Å²) in [6.45, 7) is 1.68. The van der Waals surface area contributed by atoms with Gasteiger partial charge in [-0.2, -0.15) is 0 Å². The van der Waals surface area contributed by atoms with E-state index in [-0.39, 0.29) is 23.8 Å². The Morgan fingerprint density at radius 3 is 2.47 bits per heavy atom. The Labute approximate surface area is 182 Å². The SMILES string of the molecule is CN(C)C[C@H]1CC[C@@H](CN2C(N)=NC(Cc3ccccc3Cl)=C([N+](=O)[O-])C2N)CC1. The molecule has 0 aromatic heterocycles. The van der Waals surface area contributed by atoms with Gasteiger partial charge in [-0.3, -0.25) is 10.1 Å². The fourth-order valence-corrected chi connectivity index (χ4v) is 4.69. The molecule has 2 aliphatic rings. The number of nitrogens with two attached hydrogens (primary N) is 2. The highest BCUT2D eigenvalue weighted by molar-refractivity contribution is 6.31. The predicted octanol–water partition coefficient (Wildman–Crippen LogP) is 2.65. The Balaban J connectivity index is 1.73. The highest BCUT2D eigenvalue weighted by atomic mass is 35.5. The van der Waals surface area contributed by atoms with Crippen molar-refractivity contribution in [2.75, 3.05) is 27.2 Å². The molecule has 1 fully saturated rings. The molecule has 1 atom stereocenters. The third-order valence-corrected chi connectivity index (χ3v) is 6.38. The molecule has 30 heavy (non-hydrogen) atoms. The Hall–Kier alpha value is -2.16. The van der Waals surface area contributed by atoms with Crippen molar-refractivity contribution in [3.8, 4) is 0 Å². The molecular weight excluding hydrogens is 404 g/mol. The van der Waals surface area contributed by atoms with Gasteiger partial charge in [-0.25, -0.2) is 4.99 Å². The van der Waals surface area contributed by atoms with Crippen molar-refractivity contribution in [2.45, 2.75) is 38.3 Å². The molecule has 1 aliphatic heterocycles. The average molecular weight is 435 g/mol. The number of hydrogen-bond acceptors (Lipinski definition) is 7. The summed E-state index contributed by atoms with van der Waals surface area (Å²) >= 11 is 6.23. The van der Waals surface area contributed by atoms with Gasteiger partial charge >= 0.3 is 5.70 Å². The molecule has 0 amide bonds. The van der Waals surface area contributed by atoms with Crippen molar-refractivity contribution in [3.63, 3.8) is 0 Å². The molecular formula is C21H31ClN6O2. The van der Waals surface area contributed by atoms with E-state index in [0.29, 0.717) is 23.4 Å². The molecule has 9 heteroatoms. The van der Waals surface area contributed by atoms with E-state index in [1.54, 1.807) is 11.0 Å². The van der Waals surface area contributed by atoms with Crippen molar-refractivity contribution >= 4 is 17.6 Å². The number of hydrogen-bond donors (Lipinski definition) is 2. The Kier molecular flexibility index (Phi) is 7.33. The normalized spacial score (nSPS) is 24.9. The second-order valence-corrected chi connectivity index (χ2v) is 8.98. The maximum absolute atomic E-state index is 11.8. The first-order valence-electron chi connectivity index (χ1n) is 10.4. The second kappa shape index (κ2) is 9.76. The van der Waals surface area contributed by atoms with Crippen LogP contribution < -0.4 is 11.5 Å². The van der Waals surface area contributed by atoms with E-state index >= 15 is 0 Å². The minimum absolute atomic E-state index is 0.106. The zero-order valence-electron chi connectivity index (χ0n) is 17.6. The molecule has 1 aliphatic carbocycles. The molecule has 164 valence electrons. The van der Waals surface area contributed by atoms with Crippen molar-refractivity contribution in [3.05, 3.63) is 56.4 Å². The van der Waals surface area contributed by atoms with Crippen LogP contribution in [0, 0.1) is 22.0 Å². The highest BCUT2D eigenvalue weighted by Crippen LogP contribution is 2.32. The number of nitro groups is 1. The summed E-state index contributed by atoms with van der Waals surface area (Å²) in [4.78, 5) is 19.7. The maximum atomic E-state index is 11.8. The summed E-state index contributed by atoms with van der Waals surface area (Å²) in [5.41, 5.74) is 13.5. The minimum Gasteiger partial charge on any atom is -0.369 e. The lowest BCUT2D eigenvalue weighted by molar-refractivity contribution is -0.434. The summed E-state index contributed by atoms with van der Waals surface area (Å²) < 4.78 is 0. The van der Waals surface area contributed by atoms with Gasteiger partial charge in [0, 0.05) is 24.5 Å². The van der Waals surface area contributed by atoms with Gasteiger partial charge in [0.15, 0.2) is 12.1 Å². The van der Waals surface area contributed by atoms with Crippen molar-refractivity contribution in [2.24, 2.45) is 28.3 Å². The number of allylic oxidation sites excluding steroid dienone is 1. The summed E-state index contributed by atoms with van der Waals surface area (Å²) in [6, 6.07) is 7.22. The largest absolute Gasteiger partial charge is 0.369 e. The van der Waals surface area contributed by atoms with Crippen LogP contribution in [-0.2, 0) is 6.42 Å². The molecule has 1 unspecified atom stereocenters. The first kappa shape index (κ1) is 22.5. The van der Waals surface area contributed by atoms with Crippen LogP contribution >= 0.6 is 11.6 Å². The fraction of sp³-hybridized carbons (Fsp3) is 0.571. The predicted molar refractivity (Wildman–Crippen MR) is 119 cm³/mol. The quantitative estimate of drug-likeness (QED) is 0.503. The van der Waals surface area contributed by atoms with Crippen molar-refractivity contribution < 1.29 is 4.92 Å². The van der Waals surface area contributed by atoms with Gasteiger partial charge < -0.3 is 21.3 Å². The van der Waals surface area contributed by atoms with Gasteiger partial charge in [0.1, 0.15) is 5.70 Å². The van der Waals surface area contributed by atoms with Crippen LogP contribution in [-0.4, -0.2) is 54.0 Å². The molecule has 0 spiro atoms. The number of nitrogens with zero attached hydrogens (tertiary/aromatic N) is 4. The maximum Gasteiger partial charge on any atom is 0.304 e. The Bertz CT molecular complexity index is 833. The molecule has 0 bridgehead atoms. The smallest absolute Gasteiger partial charge is 0.304 e. The van der Waals surface area contributed by atoms with E-state index < -0.39 is 11.1 Å². The lowest BCUT2D eigenvalue weighted by Gasteiger charge is -2.37. The molecule has 4 N–H and O–H groups in total. The minimum atomic E-state index is -0.922. The van der Waals surface area contributed by atoms with Crippen LogP contribution in [0.15, 0.2) is 40.7 Å². The number of aliphatic imine (C=N–C) groups is 1. The highest BCUT2D eigenvalue weighted by Gasteiger charge is 2.38. The number of rotatable bonds is 7. The van der Waals surface area contributed by atoms with Crippen molar-refractivity contribution in [1.82, 2.24) is 9.80 Å². The molecule has 1 heterocycles. The molecule has 1 aromatic rings. The van der Waals surface area contributed by atoms with E-state index in [0.717, 1.165) is 37.8 Å². The Morgan fingerprint density at radius 2 is 1.87 bits per heavy atom. The van der Waals surface area contributed by atoms with E-state index in [1.165, 1.54) is 0 Å². The van der Waals surface area contributed by atoms with Gasteiger partial charge in [-0.15, -0.1) is 0 Å². The lowest BCUT2D eigenvalue weighted by atomic mass is 9.81. The first-order chi connectivity index (χ1) is 14.3. The average Bonchev–Trinajstić information content (AvgIpc) is 2.67. The standard InChI is InChI=1S/C21H31ClN6O2/c1-26(2)12-14-7-9-15(10-8-14)13-27-20(23)19(28(29)30)18(25-21(27)24)11-16-5-3-4-6-17(16)22/h3-6,14-15,20H,7-13,23H2,1-2H3,(H2,24,25)/t14-,15+,20?. The van der Waals surface area contributed by atoms with Gasteiger partial charge in [-0.05, 0) is 63.2 Å². The van der Waals surface area contributed by atoms with Gasteiger partial charge in [-0.1, -0.05) is 29.8 Å². The summed E-state index contributed by atoms with van der Waals surface area (Å²) in [7, 11) is 4.20. The number of benzene rings is 1. The van der Waals surface area contributed by atoms with Crippen LogP contribution in [0.2, 0.25) is 5.02 Å². The summed E-state index contributed by atoms with van der Waals surface area (Å²) in [5.74, 6) is 1.35. The van der Waals surface area contributed by atoms with Crippen LogP contribution in [0.1, 0.15) is 31.2 Å². The molecule has 3 rings (SSSR count). The third kappa shape index (κ3) is 5.30. The Morgan fingerprint density at radius 1 is 1.23 bits per heavy atom.